The van der Waals surface area contributed by atoms with Crippen LogP contribution in [0.3, 0.4) is 0 Å². The Kier molecular flexibility index (Phi) is 7.41. The van der Waals surface area contributed by atoms with Crippen molar-refractivity contribution < 1.29 is 27.4 Å². The van der Waals surface area contributed by atoms with Gasteiger partial charge in [0.2, 0.25) is 0 Å². The van der Waals surface area contributed by atoms with Gasteiger partial charge in [-0.1, -0.05) is 12.1 Å². The Morgan fingerprint density at radius 3 is 2.50 bits per heavy atom. The maximum absolute atomic E-state index is 13.0. The molecular weight excluding hydrogens is 471 g/mol. The zero-order chi connectivity index (χ0) is 26.1. The number of hydrogen-bond acceptors (Lipinski definition) is 4. The largest absolute Gasteiger partial charge is 0.493 e. The van der Waals surface area contributed by atoms with Crippen LogP contribution in [0.15, 0.2) is 42.5 Å². The van der Waals surface area contributed by atoms with Gasteiger partial charge in [0.25, 0.3) is 0 Å². The van der Waals surface area contributed by atoms with Crippen molar-refractivity contribution in [2.45, 2.75) is 69.2 Å². The first-order valence-electron chi connectivity index (χ1n) is 12.3. The fraction of sp³-hybridized carbons (Fsp3) is 0.519. The molecule has 0 radical (unpaired) electrons. The molecule has 2 aliphatic rings. The molecule has 6 nitrogen and oxygen atoms in total. The van der Waals surface area contributed by atoms with Crippen molar-refractivity contribution in [3.8, 4) is 11.5 Å². The number of methoxy groups -OCH3 is 2. The first kappa shape index (κ1) is 26.1. The minimum atomic E-state index is -4.46. The van der Waals surface area contributed by atoms with Gasteiger partial charge in [0, 0.05) is 29.2 Å². The number of benzene rings is 2. The Labute approximate surface area is 210 Å². The van der Waals surface area contributed by atoms with Crippen molar-refractivity contribution in [1.29, 1.82) is 0 Å². The second-order valence-corrected chi connectivity index (χ2v) is 9.97. The quantitative estimate of drug-likeness (QED) is 0.520. The van der Waals surface area contributed by atoms with Gasteiger partial charge in [-0.15, -0.1) is 0 Å². The van der Waals surface area contributed by atoms with Gasteiger partial charge in [-0.2, -0.15) is 13.2 Å². The molecule has 1 aliphatic heterocycles. The van der Waals surface area contributed by atoms with E-state index in [-0.39, 0.29) is 23.2 Å². The third kappa shape index (κ3) is 5.12. The summed E-state index contributed by atoms with van der Waals surface area (Å²) < 4.78 is 50.1. The fourth-order valence-corrected chi connectivity index (χ4v) is 5.94. The lowest BCUT2D eigenvalue weighted by atomic mass is 9.65. The Morgan fingerprint density at radius 1 is 1.08 bits per heavy atom. The van der Waals surface area contributed by atoms with E-state index in [9.17, 15) is 18.0 Å². The highest BCUT2D eigenvalue weighted by Crippen LogP contribution is 2.51. The number of nitrogens with zero attached hydrogens (tertiary/aromatic N) is 1. The summed E-state index contributed by atoms with van der Waals surface area (Å²) in [5.41, 5.74) is 0.457. The van der Waals surface area contributed by atoms with E-state index < -0.39 is 17.8 Å². The van der Waals surface area contributed by atoms with Gasteiger partial charge in [-0.25, -0.2) is 4.79 Å². The number of urea groups is 1. The monoisotopic (exact) mass is 505 g/mol. The SMILES string of the molecule is COc1ccc([C@@]23CC[C@@H](NC(=O)Nc4cccc(C(F)(F)F)c4)C[C@@H]2N(C(C)C)CC3)cc1OC. The van der Waals surface area contributed by atoms with Crippen LogP contribution in [0.1, 0.15) is 50.7 Å². The summed E-state index contributed by atoms with van der Waals surface area (Å²) in [6, 6.07) is 10.8. The highest BCUT2D eigenvalue weighted by molar-refractivity contribution is 5.89. The van der Waals surface area contributed by atoms with Crippen LogP contribution in [0.5, 0.6) is 11.5 Å². The van der Waals surface area contributed by atoms with Crippen molar-refractivity contribution in [2.24, 2.45) is 0 Å². The number of ether oxygens (including phenoxy) is 2. The zero-order valence-corrected chi connectivity index (χ0v) is 21.1. The molecule has 1 saturated heterocycles. The summed E-state index contributed by atoms with van der Waals surface area (Å²) in [4.78, 5) is 15.2. The van der Waals surface area contributed by atoms with E-state index in [1.54, 1.807) is 14.2 Å². The van der Waals surface area contributed by atoms with Gasteiger partial charge in [-0.05, 0) is 82.0 Å². The minimum Gasteiger partial charge on any atom is -0.493 e. The number of nitrogens with one attached hydrogen (secondary N) is 2. The lowest BCUT2D eigenvalue weighted by molar-refractivity contribution is -0.137. The molecule has 0 aromatic heterocycles. The van der Waals surface area contributed by atoms with E-state index in [1.165, 1.54) is 17.7 Å². The van der Waals surface area contributed by atoms with Crippen LogP contribution < -0.4 is 20.1 Å². The maximum Gasteiger partial charge on any atom is 0.416 e. The molecule has 1 heterocycles. The van der Waals surface area contributed by atoms with Gasteiger partial charge < -0.3 is 20.1 Å². The second-order valence-electron chi connectivity index (χ2n) is 9.97. The molecule has 0 bridgehead atoms. The second kappa shape index (κ2) is 10.2. The van der Waals surface area contributed by atoms with Crippen LogP contribution in [0.4, 0.5) is 23.7 Å². The average Bonchev–Trinajstić information content (AvgIpc) is 3.23. The van der Waals surface area contributed by atoms with E-state index in [0.29, 0.717) is 17.5 Å². The van der Waals surface area contributed by atoms with Crippen LogP contribution in [-0.4, -0.2) is 49.8 Å². The van der Waals surface area contributed by atoms with E-state index in [0.717, 1.165) is 44.4 Å². The van der Waals surface area contributed by atoms with Gasteiger partial charge in [0.1, 0.15) is 0 Å². The smallest absolute Gasteiger partial charge is 0.416 e. The summed E-state index contributed by atoms with van der Waals surface area (Å²) in [5, 5.41) is 5.57. The number of hydrogen-bond donors (Lipinski definition) is 2. The number of fused-ring (bicyclic) bond motifs is 1. The molecule has 196 valence electrons. The molecule has 2 N–H and O–H groups in total. The highest BCUT2D eigenvalue weighted by Gasteiger charge is 2.52. The van der Waals surface area contributed by atoms with Gasteiger partial charge in [0.15, 0.2) is 11.5 Å². The predicted octanol–water partition coefficient (Wildman–Crippen LogP) is 5.82. The topological polar surface area (TPSA) is 62.8 Å². The van der Waals surface area contributed by atoms with E-state index >= 15 is 0 Å². The average molecular weight is 506 g/mol. The van der Waals surface area contributed by atoms with Crippen molar-refractivity contribution >= 4 is 11.7 Å². The third-order valence-corrected chi connectivity index (χ3v) is 7.71. The standard InChI is InChI=1S/C27H34F3N3O3/c1-17(2)33-13-12-26(18-8-9-22(35-3)23(15-18)36-4)11-10-21(16-24(26)33)32-25(34)31-20-7-5-6-19(14-20)27(28,29)30/h5-9,14-15,17,21,24H,10-13,16H2,1-4H3,(H2,31,32,34)/t21-,24+,26+/m1/s1. The maximum atomic E-state index is 13.0. The normalized spacial score (nSPS) is 24.3. The van der Waals surface area contributed by atoms with Crippen molar-refractivity contribution in [1.82, 2.24) is 10.2 Å². The summed E-state index contributed by atoms with van der Waals surface area (Å²) >= 11 is 0. The van der Waals surface area contributed by atoms with E-state index in [2.05, 4.69) is 41.5 Å². The van der Waals surface area contributed by atoms with Crippen molar-refractivity contribution in [3.05, 3.63) is 53.6 Å². The molecule has 0 spiro atoms. The van der Waals surface area contributed by atoms with E-state index in [4.69, 9.17) is 9.47 Å². The van der Waals surface area contributed by atoms with E-state index in [1.807, 2.05) is 6.07 Å². The van der Waals surface area contributed by atoms with Crippen molar-refractivity contribution in [3.63, 3.8) is 0 Å². The van der Waals surface area contributed by atoms with Crippen LogP contribution >= 0.6 is 0 Å². The summed E-state index contributed by atoms with van der Waals surface area (Å²) in [5.74, 6) is 1.39. The lowest BCUT2D eigenvalue weighted by Crippen LogP contribution is -2.54. The van der Waals surface area contributed by atoms with Crippen LogP contribution in [0.2, 0.25) is 0 Å². The summed E-state index contributed by atoms with van der Waals surface area (Å²) in [6.07, 6.45) is -1.05. The van der Waals surface area contributed by atoms with Crippen LogP contribution in [0, 0.1) is 0 Å². The summed E-state index contributed by atoms with van der Waals surface area (Å²) in [6.45, 7) is 5.32. The molecule has 2 amide bonds. The molecule has 4 rings (SSSR count). The van der Waals surface area contributed by atoms with Crippen LogP contribution in [-0.2, 0) is 11.6 Å². The Balaban J connectivity index is 1.51. The Hall–Kier alpha value is -2.94. The number of carbonyl (C=O) groups excluding carboxylic acids is 1. The molecule has 1 aliphatic carbocycles. The predicted molar refractivity (Wildman–Crippen MR) is 133 cm³/mol. The molecule has 2 fully saturated rings. The Bertz CT molecular complexity index is 1090. The molecular formula is C27H34F3N3O3. The zero-order valence-electron chi connectivity index (χ0n) is 21.1. The Morgan fingerprint density at radius 2 is 1.83 bits per heavy atom. The van der Waals surface area contributed by atoms with Gasteiger partial charge in [-0.3, -0.25) is 4.90 Å². The van der Waals surface area contributed by atoms with Crippen LogP contribution in [0.25, 0.3) is 0 Å². The first-order chi connectivity index (χ1) is 17.1. The lowest BCUT2D eigenvalue weighted by Gasteiger charge is -2.46. The minimum absolute atomic E-state index is 0.0699. The fourth-order valence-electron chi connectivity index (χ4n) is 5.94. The number of likely N-dealkylation sites (tertiary alicyclic amines) is 1. The number of rotatable bonds is 6. The number of alkyl halides is 3. The molecule has 9 heteroatoms. The number of amides is 2. The number of halogens is 3. The third-order valence-electron chi connectivity index (χ3n) is 7.71. The molecule has 36 heavy (non-hydrogen) atoms. The number of carbonyl (C=O) groups is 1. The molecule has 2 aromatic rings. The number of anilines is 1. The molecule has 1 saturated carbocycles. The molecule has 2 aromatic carbocycles. The van der Waals surface area contributed by atoms with Crippen molar-refractivity contribution in [2.75, 3.05) is 26.1 Å². The summed E-state index contributed by atoms with van der Waals surface area (Å²) in [7, 11) is 3.26. The molecule has 0 unspecified atom stereocenters. The van der Waals surface area contributed by atoms with Gasteiger partial charge in [0.05, 0.1) is 19.8 Å². The van der Waals surface area contributed by atoms with Gasteiger partial charge >= 0.3 is 12.2 Å². The first-order valence-corrected chi connectivity index (χ1v) is 12.3. The molecule has 3 atom stereocenters. The highest BCUT2D eigenvalue weighted by atomic mass is 19.4.